The summed E-state index contributed by atoms with van der Waals surface area (Å²) in [4.78, 5) is 50.2. The lowest BCUT2D eigenvalue weighted by Gasteiger charge is -2.51. The van der Waals surface area contributed by atoms with E-state index in [1.807, 2.05) is 0 Å². The minimum atomic E-state index is -0.959. The summed E-state index contributed by atoms with van der Waals surface area (Å²) in [7, 11) is 0. The molecule has 6 rings (SSSR count). The van der Waals surface area contributed by atoms with Gasteiger partial charge in [-0.25, -0.2) is 0 Å². The minimum Gasteiger partial charge on any atom is -0.382 e. The van der Waals surface area contributed by atoms with Crippen molar-refractivity contribution >= 4 is 29.3 Å². The van der Waals surface area contributed by atoms with Crippen LogP contribution in [0, 0.1) is 0 Å². The summed E-state index contributed by atoms with van der Waals surface area (Å²) in [5, 5.41) is 5.55. The highest BCUT2D eigenvalue weighted by atomic mass is 16.5. The van der Waals surface area contributed by atoms with Crippen molar-refractivity contribution in [3.63, 3.8) is 0 Å². The molecule has 1 aromatic carbocycles. The molecule has 4 fully saturated rings. The van der Waals surface area contributed by atoms with E-state index in [9.17, 15) is 19.2 Å². The molecule has 2 bridgehead atoms. The third kappa shape index (κ3) is 3.00. The van der Waals surface area contributed by atoms with Crippen LogP contribution in [-0.2, 0) is 14.3 Å². The summed E-state index contributed by atoms with van der Waals surface area (Å²) < 4.78 is 6.05. The molecule has 4 heterocycles. The van der Waals surface area contributed by atoms with E-state index in [4.69, 9.17) is 10.5 Å². The number of benzene rings is 1. The van der Waals surface area contributed by atoms with Crippen LogP contribution in [0.15, 0.2) is 18.2 Å². The number of nitrogens with two attached hydrogens (primary N) is 1. The number of carbonyl (C=O) groups excluding carboxylic acids is 4. The number of piperidine rings is 1. The van der Waals surface area contributed by atoms with Crippen LogP contribution in [0.25, 0.3) is 0 Å². The quantitative estimate of drug-likeness (QED) is 0.615. The van der Waals surface area contributed by atoms with Crippen molar-refractivity contribution in [3.05, 3.63) is 29.3 Å². The van der Waals surface area contributed by atoms with E-state index in [0.717, 1.165) is 30.6 Å². The number of ether oxygens (including phenoxy) is 1. The van der Waals surface area contributed by atoms with Crippen LogP contribution >= 0.6 is 0 Å². The van der Waals surface area contributed by atoms with Crippen LogP contribution < -0.4 is 16.4 Å². The van der Waals surface area contributed by atoms with Gasteiger partial charge in [0.1, 0.15) is 6.04 Å². The molecule has 3 saturated heterocycles. The van der Waals surface area contributed by atoms with Crippen molar-refractivity contribution in [1.82, 2.24) is 10.2 Å². The molecule has 4 amide bonds. The third-order valence-corrected chi connectivity index (χ3v) is 6.88. The SMILES string of the molecule is NC12CCC(CNc3ccc4c(c3)C(=O)N(C3CCC(=O)NC3=O)C4=O)(CC1)OC2. The monoisotopic (exact) mass is 412 g/mol. The smallest absolute Gasteiger partial charge is 0.262 e. The third-order valence-electron chi connectivity index (χ3n) is 6.88. The number of nitrogens with one attached hydrogen (secondary N) is 2. The van der Waals surface area contributed by atoms with Gasteiger partial charge in [-0.05, 0) is 50.3 Å². The van der Waals surface area contributed by atoms with Crippen LogP contribution in [0.4, 0.5) is 5.69 Å². The van der Waals surface area contributed by atoms with E-state index in [2.05, 4.69) is 10.6 Å². The standard InChI is InChI=1S/C21H24N4O5/c22-20-5-7-21(8-6-20,30-11-20)10-23-12-1-2-13-14(9-12)19(29)25(18(13)28)15-3-4-16(26)24-17(15)27/h1-2,9,15,23H,3-8,10-11,22H2,(H,24,26,27). The first-order chi connectivity index (χ1) is 14.3. The number of rotatable bonds is 4. The Bertz CT molecular complexity index is 950. The van der Waals surface area contributed by atoms with E-state index in [1.165, 1.54) is 0 Å². The van der Waals surface area contributed by atoms with E-state index in [1.54, 1.807) is 18.2 Å². The average Bonchev–Trinajstić information content (AvgIpc) is 2.98. The number of hydrogen-bond acceptors (Lipinski definition) is 7. The molecular weight excluding hydrogens is 388 g/mol. The van der Waals surface area contributed by atoms with Gasteiger partial charge < -0.3 is 15.8 Å². The normalized spacial score (nSPS) is 33.0. The molecule has 5 aliphatic rings. The summed E-state index contributed by atoms with van der Waals surface area (Å²) in [6, 6.07) is 4.05. The van der Waals surface area contributed by atoms with Crippen LogP contribution in [0.1, 0.15) is 59.2 Å². The lowest BCUT2D eigenvalue weighted by Crippen LogP contribution is -2.61. The molecule has 4 N–H and O–H groups in total. The van der Waals surface area contributed by atoms with E-state index < -0.39 is 29.7 Å². The molecule has 9 nitrogen and oxygen atoms in total. The predicted molar refractivity (Wildman–Crippen MR) is 106 cm³/mol. The minimum absolute atomic E-state index is 0.1000. The van der Waals surface area contributed by atoms with Gasteiger partial charge >= 0.3 is 0 Å². The molecule has 9 heteroatoms. The van der Waals surface area contributed by atoms with Gasteiger partial charge in [0, 0.05) is 24.2 Å². The maximum absolute atomic E-state index is 12.9. The maximum atomic E-state index is 12.9. The zero-order chi connectivity index (χ0) is 21.1. The van der Waals surface area contributed by atoms with E-state index in [-0.39, 0.29) is 35.1 Å². The van der Waals surface area contributed by atoms with Crippen molar-refractivity contribution in [2.24, 2.45) is 5.73 Å². The zero-order valence-electron chi connectivity index (χ0n) is 16.5. The largest absolute Gasteiger partial charge is 0.382 e. The van der Waals surface area contributed by atoms with Gasteiger partial charge in [0.25, 0.3) is 11.8 Å². The Labute approximate surface area is 173 Å². The number of nitrogens with zero attached hydrogens (tertiary/aromatic N) is 1. The lowest BCUT2D eigenvalue weighted by atomic mass is 9.71. The van der Waals surface area contributed by atoms with Gasteiger partial charge in [0.2, 0.25) is 11.8 Å². The number of hydrogen-bond donors (Lipinski definition) is 3. The number of anilines is 1. The highest BCUT2D eigenvalue weighted by molar-refractivity contribution is 6.23. The van der Waals surface area contributed by atoms with Gasteiger partial charge in [-0.2, -0.15) is 0 Å². The van der Waals surface area contributed by atoms with Crippen molar-refractivity contribution in [1.29, 1.82) is 0 Å². The Morgan fingerprint density at radius 2 is 1.83 bits per heavy atom. The van der Waals surface area contributed by atoms with Crippen LogP contribution in [0.2, 0.25) is 0 Å². The maximum Gasteiger partial charge on any atom is 0.262 e. The van der Waals surface area contributed by atoms with Crippen LogP contribution in [0.5, 0.6) is 0 Å². The molecule has 30 heavy (non-hydrogen) atoms. The molecule has 0 spiro atoms. The van der Waals surface area contributed by atoms with Gasteiger partial charge in [0.05, 0.1) is 23.3 Å². The molecule has 1 aliphatic carbocycles. The van der Waals surface area contributed by atoms with Crippen molar-refractivity contribution in [2.75, 3.05) is 18.5 Å². The second-order valence-electron chi connectivity index (χ2n) is 8.90. The fourth-order valence-corrected chi connectivity index (χ4v) is 4.86. The predicted octanol–water partition coefficient (Wildman–Crippen LogP) is 0.540. The molecule has 1 atom stereocenters. The first-order valence-electron chi connectivity index (χ1n) is 10.3. The fraction of sp³-hybridized carbons (Fsp3) is 0.524. The first-order valence-corrected chi connectivity index (χ1v) is 10.3. The fourth-order valence-electron chi connectivity index (χ4n) is 4.86. The van der Waals surface area contributed by atoms with E-state index in [0.29, 0.717) is 18.8 Å². The Hall–Kier alpha value is -2.78. The van der Waals surface area contributed by atoms with Crippen LogP contribution in [0.3, 0.4) is 0 Å². The van der Waals surface area contributed by atoms with Gasteiger partial charge in [-0.1, -0.05) is 0 Å². The van der Waals surface area contributed by atoms with Crippen molar-refractivity contribution in [3.8, 4) is 0 Å². The van der Waals surface area contributed by atoms with E-state index >= 15 is 0 Å². The second-order valence-corrected chi connectivity index (χ2v) is 8.90. The molecule has 1 aromatic rings. The number of imide groups is 2. The topological polar surface area (TPSA) is 131 Å². The van der Waals surface area contributed by atoms with Crippen LogP contribution in [-0.4, -0.2) is 58.9 Å². The first kappa shape index (κ1) is 19.2. The van der Waals surface area contributed by atoms with Crippen molar-refractivity contribution in [2.45, 2.75) is 55.7 Å². The van der Waals surface area contributed by atoms with Gasteiger partial charge in [-0.15, -0.1) is 0 Å². The van der Waals surface area contributed by atoms with Crippen molar-refractivity contribution < 1.29 is 23.9 Å². The Balaban J connectivity index is 1.31. The van der Waals surface area contributed by atoms with Gasteiger partial charge in [0.15, 0.2) is 0 Å². The highest BCUT2D eigenvalue weighted by Gasteiger charge is 2.48. The lowest BCUT2D eigenvalue weighted by molar-refractivity contribution is -0.144. The molecule has 0 aromatic heterocycles. The number of carbonyl (C=O) groups is 4. The average molecular weight is 412 g/mol. The Morgan fingerprint density at radius 3 is 2.50 bits per heavy atom. The Kier molecular flexibility index (Phi) is 4.23. The molecule has 0 radical (unpaired) electrons. The summed E-state index contributed by atoms with van der Waals surface area (Å²) in [5.41, 5.74) is 7.09. The number of fused-ring (bicyclic) bond motifs is 4. The molecular formula is C21H24N4O5. The molecule has 1 saturated carbocycles. The molecule has 158 valence electrons. The summed E-state index contributed by atoms with van der Waals surface area (Å²) in [6.45, 7) is 1.16. The molecule has 4 aliphatic heterocycles. The van der Waals surface area contributed by atoms with Gasteiger partial charge in [-0.3, -0.25) is 29.4 Å². The highest BCUT2D eigenvalue weighted by Crippen LogP contribution is 2.42. The summed E-state index contributed by atoms with van der Waals surface area (Å²) in [5.74, 6) is -2.01. The molecule has 1 unspecified atom stereocenters. The second kappa shape index (κ2) is 6.61. The summed E-state index contributed by atoms with van der Waals surface area (Å²) in [6.07, 6.45) is 3.90. The zero-order valence-corrected chi connectivity index (χ0v) is 16.5. The Morgan fingerprint density at radius 1 is 1.10 bits per heavy atom. The number of amides is 4. The summed E-state index contributed by atoms with van der Waals surface area (Å²) >= 11 is 0.